The second kappa shape index (κ2) is 5.59. The predicted octanol–water partition coefficient (Wildman–Crippen LogP) is 3.49. The van der Waals surface area contributed by atoms with Crippen molar-refractivity contribution in [2.24, 2.45) is 0 Å². The van der Waals surface area contributed by atoms with E-state index in [1.807, 2.05) is 13.8 Å². The number of carbonyl (C=O) groups is 1. The first kappa shape index (κ1) is 13.8. The fraction of sp³-hybridized carbons (Fsp3) is 0.250. The van der Waals surface area contributed by atoms with E-state index in [9.17, 15) is 4.79 Å². The molecule has 0 radical (unpaired) electrons. The van der Waals surface area contributed by atoms with Gasteiger partial charge in [0.2, 0.25) is 0 Å². The fourth-order valence-corrected chi connectivity index (χ4v) is 1.89. The number of aromatic nitrogens is 3. The van der Waals surface area contributed by atoms with Gasteiger partial charge in [0, 0.05) is 11.8 Å². The summed E-state index contributed by atoms with van der Waals surface area (Å²) in [5.74, 6) is 0.370. The fourth-order valence-electron chi connectivity index (χ4n) is 1.46. The summed E-state index contributed by atoms with van der Waals surface area (Å²) in [6, 6.07) is 4.80. The van der Waals surface area contributed by atoms with E-state index in [1.165, 1.54) is 12.1 Å². The number of pyridine rings is 1. The molecule has 0 unspecified atom stereocenters. The van der Waals surface area contributed by atoms with Crippen molar-refractivity contribution in [3.63, 3.8) is 0 Å². The lowest BCUT2D eigenvalue weighted by molar-refractivity contribution is 0.102. The summed E-state index contributed by atoms with van der Waals surface area (Å²) >= 11 is 11.5. The van der Waals surface area contributed by atoms with E-state index in [2.05, 4.69) is 20.5 Å². The molecule has 0 aliphatic rings. The number of carbonyl (C=O) groups excluding carboxylic acids is 1. The number of H-pyrrole nitrogens is 1. The Kier molecular flexibility index (Phi) is 4.07. The molecule has 5 nitrogen and oxygen atoms in total. The summed E-state index contributed by atoms with van der Waals surface area (Å²) in [4.78, 5) is 15.8. The monoisotopic (exact) mass is 298 g/mol. The van der Waals surface area contributed by atoms with Gasteiger partial charge < -0.3 is 5.32 Å². The first-order chi connectivity index (χ1) is 8.97. The van der Waals surface area contributed by atoms with E-state index >= 15 is 0 Å². The van der Waals surface area contributed by atoms with Crippen LogP contribution in [0.2, 0.25) is 10.3 Å². The minimum atomic E-state index is -0.379. The van der Waals surface area contributed by atoms with Gasteiger partial charge in [0.05, 0.1) is 5.56 Å². The number of hydrogen-bond acceptors (Lipinski definition) is 3. The number of aromatic amines is 1. The third-order valence-electron chi connectivity index (χ3n) is 2.52. The highest BCUT2D eigenvalue weighted by atomic mass is 35.5. The van der Waals surface area contributed by atoms with Crippen LogP contribution >= 0.6 is 23.2 Å². The normalized spacial score (nSPS) is 10.8. The maximum atomic E-state index is 12.0. The molecule has 1 amide bonds. The quantitative estimate of drug-likeness (QED) is 0.852. The van der Waals surface area contributed by atoms with Gasteiger partial charge in [-0.05, 0) is 18.1 Å². The Morgan fingerprint density at radius 1 is 1.37 bits per heavy atom. The highest BCUT2D eigenvalue weighted by Crippen LogP contribution is 2.19. The highest BCUT2D eigenvalue weighted by Gasteiger charge is 2.14. The van der Waals surface area contributed by atoms with Crippen molar-refractivity contribution in [1.82, 2.24) is 15.2 Å². The molecule has 0 aromatic carbocycles. The van der Waals surface area contributed by atoms with Crippen LogP contribution < -0.4 is 5.32 Å². The van der Waals surface area contributed by atoms with Crippen LogP contribution in [0.15, 0.2) is 18.2 Å². The van der Waals surface area contributed by atoms with Gasteiger partial charge in [0.25, 0.3) is 5.91 Å². The Balaban J connectivity index is 2.16. The van der Waals surface area contributed by atoms with E-state index in [0.717, 1.165) is 5.69 Å². The van der Waals surface area contributed by atoms with Crippen LogP contribution in [0.4, 0.5) is 5.82 Å². The van der Waals surface area contributed by atoms with Gasteiger partial charge in [-0.15, -0.1) is 0 Å². The summed E-state index contributed by atoms with van der Waals surface area (Å²) in [6.07, 6.45) is 0. The number of hydrogen-bond donors (Lipinski definition) is 2. The minimum absolute atomic E-state index is 0.0598. The van der Waals surface area contributed by atoms with Crippen molar-refractivity contribution in [3.8, 4) is 0 Å². The molecule has 2 heterocycles. The number of rotatable bonds is 3. The SMILES string of the molecule is CC(C)c1cc(NC(=O)c2ccc(Cl)nc2Cl)n[nH]1. The van der Waals surface area contributed by atoms with Crippen LogP contribution in [-0.4, -0.2) is 21.1 Å². The van der Waals surface area contributed by atoms with Crippen LogP contribution in [0.1, 0.15) is 35.8 Å². The summed E-state index contributed by atoms with van der Waals surface area (Å²) in [6.45, 7) is 4.05. The van der Waals surface area contributed by atoms with Crippen molar-refractivity contribution < 1.29 is 4.79 Å². The van der Waals surface area contributed by atoms with Gasteiger partial charge in [-0.1, -0.05) is 37.0 Å². The van der Waals surface area contributed by atoms with Gasteiger partial charge in [-0.3, -0.25) is 9.89 Å². The summed E-state index contributed by atoms with van der Waals surface area (Å²) in [5.41, 5.74) is 1.19. The zero-order valence-electron chi connectivity index (χ0n) is 10.4. The molecule has 0 saturated heterocycles. The number of amides is 1. The molecule has 0 aliphatic heterocycles. The molecule has 2 N–H and O–H groups in total. The number of nitrogens with one attached hydrogen (secondary N) is 2. The van der Waals surface area contributed by atoms with E-state index in [-0.39, 0.29) is 21.8 Å². The smallest absolute Gasteiger partial charge is 0.259 e. The summed E-state index contributed by atoms with van der Waals surface area (Å²) in [7, 11) is 0. The van der Waals surface area contributed by atoms with Gasteiger partial charge in [0.1, 0.15) is 10.3 Å². The molecule has 0 saturated carbocycles. The molecule has 0 fully saturated rings. The maximum Gasteiger partial charge on any atom is 0.259 e. The largest absolute Gasteiger partial charge is 0.305 e. The second-order valence-electron chi connectivity index (χ2n) is 4.29. The van der Waals surface area contributed by atoms with Gasteiger partial charge in [0.15, 0.2) is 5.82 Å². The van der Waals surface area contributed by atoms with Crippen molar-refractivity contribution in [2.45, 2.75) is 19.8 Å². The van der Waals surface area contributed by atoms with Crippen molar-refractivity contribution in [3.05, 3.63) is 39.8 Å². The van der Waals surface area contributed by atoms with E-state index in [4.69, 9.17) is 23.2 Å². The van der Waals surface area contributed by atoms with E-state index in [0.29, 0.717) is 11.7 Å². The highest BCUT2D eigenvalue weighted by molar-refractivity contribution is 6.35. The molecule has 2 aromatic heterocycles. The van der Waals surface area contributed by atoms with Crippen LogP contribution in [0, 0.1) is 0 Å². The Morgan fingerprint density at radius 2 is 2.11 bits per heavy atom. The first-order valence-electron chi connectivity index (χ1n) is 5.66. The molecule has 2 aromatic rings. The molecule has 7 heteroatoms. The zero-order valence-corrected chi connectivity index (χ0v) is 11.9. The second-order valence-corrected chi connectivity index (χ2v) is 5.03. The van der Waals surface area contributed by atoms with Gasteiger partial charge in [-0.25, -0.2) is 4.98 Å². The third-order valence-corrected chi connectivity index (χ3v) is 3.02. The topological polar surface area (TPSA) is 70.7 Å². The average Bonchev–Trinajstić information content (AvgIpc) is 2.77. The van der Waals surface area contributed by atoms with Crippen molar-refractivity contribution in [1.29, 1.82) is 0 Å². The van der Waals surface area contributed by atoms with Crippen LogP contribution in [0.5, 0.6) is 0 Å². The Hall–Kier alpha value is -1.59. The average molecular weight is 299 g/mol. The van der Waals surface area contributed by atoms with Crippen LogP contribution in [0.3, 0.4) is 0 Å². The zero-order chi connectivity index (χ0) is 14.0. The Morgan fingerprint density at radius 3 is 2.68 bits per heavy atom. The lowest BCUT2D eigenvalue weighted by Crippen LogP contribution is -2.13. The van der Waals surface area contributed by atoms with Gasteiger partial charge in [-0.2, -0.15) is 5.10 Å². The minimum Gasteiger partial charge on any atom is -0.305 e. The number of anilines is 1. The molecule has 0 bridgehead atoms. The first-order valence-corrected chi connectivity index (χ1v) is 6.41. The molecule has 0 spiro atoms. The maximum absolute atomic E-state index is 12.0. The van der Waals surface area contributed by atoms with E-state index < -0.39 is 0 Å². The molecule has 2 rings (SSSR count). The Labute approximate surface area is 120 Å². The summed E-state index contributed by atoms with van der Waals surface area (Å²) < 4.78 is 0. The van der Waals surface area contributed by atoms with Gasteiger partial charge >= 0.3 is 0 Å². The third kappa shape index (κ3) is 3.24. The molecule has 0 aliphatic carbocycles. The lowest BCUT2D eigenvalue weighted by atomic mass is 10.1. The molecular weight excluding hydrogens is 287 g/mol. The van der Waals surface area contributed by atoms with E-state index in [1.54, 1.807) is 6.07 Å². The Bertz CT molecular complexity index is 610. The lowest BCUT2D eigenvalue weighted by Gasteiger charge is -2.03. The number of halogens is 2. The van der Waals surface area contributed by atoms with Crippen molar-refractivity contribution in [2.75, 3.05) is 5.32 Å². The molecule has 19 heavy (non-hydrogen) atoms. The summed E-state index contributed by atoms with van der Waals surface area (Å²) in [5, 5.41) is 9.80. The van der Waals surface area contributed by atoms with Crippen molar-refractivity contribution >= 4 is 34.9 Å². The predicted molar refractivity (Wildman–Crippen MR) is 74.9 cm³/mol. The van der Waals surface area contributed by atoms with Crippen LogP contribution in [-0.2, 0) is 0 Å². The number of nitrogens with zero attached hydrogens (tertiary/aromatic N) is 2. The standard InChI is InChI=1S/C12H12Cl2N4O/c1-6(2)8-5-10(18-17-8)16-12(19)7-3-4-9(13)15-11(7)14/h3-6H,1-2H3,(H2,16,17,18,19). The van der Waals surface area contributed by atoms with Crippen LogP contribution in [0.25, 0.3) is 0 Å². The molecular formula is C12H12Cl2N4O. The molecule has 100 valence electrons. The molecule has 0 atom stereocenters.